The summed E-state index contributed by atoms with van der Waals surface area (Å²) < 4.78 is 24.9. The first-order chi connectivity index (χ1) is 8.54. The fourth-order valence-corrected chi connectivity index (χ4v) is 4.16. The molecule has 0 saturated carbocycles. The zero-order valence-electron chi connectivity index (χ0n) is 10.4. The molecule has 3 heteroatoms. The van der Waals surface area contributed by atoms with E-state index in [1.165, 1.54) is 0 Å². The summed E-state index contributed by atoms with van der Waals surface area (Å²) in [6.45, 7) is 4.01. The molecule has 0 saturated heterocycles. The highest BCUT2D eigenvalue weighted by molar-refractivity contribution is 7.92. The van der Waals surface area contributed by atoms with E-state index in [9.17, 15) is 8.42 Å². The van der Waals surface area contributed by atoms with Crippen molar-refractivity contribution in [3.05, 3.63) is 47.5 Å². The van der Waals surface area contributed by atoms with Crippen molar-refractivity contribution in [2.45, 2.75) is 30.1 Å². The molecule has 0 unspecified atom stereocenters. The summed E-state index contributed by atoms with van der Waals surface area (Å²) in [5.41, 5.74) is 3.82. The molecular weight excluding hydrogens is 244 g/mol. The maximum Gasteiger partial charge on any atom is 0.207 e. The molecule has 18 heavy (non-hydrogen) atoms. The van der Waals surface area contributed by atoms with Crippen molar-refractivity contribution in [1.29, 1.82) is 0 Å². The average Bonchev–Trinajstić information content (AvgIpc) is 2.58. The summed E-state index contributed by atoms with van der Waals surface area (Å²) in [6, 6.07) is 11.3. The van der Waals surface area contributed by atoms with Crippen LogP contribution >= 0.6 is 0 Å². The molecule has 0 N–H and O–H groups in total. The highest BCUT2D eigenvalue weighted by atomic mass is 32.2. The number of benzene rings is 2. The first-order valence-corrected chi connectivity index (χ1v) is 7.51. The average molecular weight is 258 g/mol. The van der Waals surface area contributed by atoms with Gasteiger partial charge >= 0.3 is 0 Å². The molecule has 0 fully saturated rings. The van der Waals surface area contributed by atoms with Crippen molar-refractivity contribution in [2.24, 2.45) is 0 Å². The van der Waals surface area contributed by atoms with Crippen LogP contribution < -0.4 is 0 Å². The Morgan fingerprint density at radius 2 is 1.72 bits per heavy atom. The lowest BCUT2D eigenvalue weighted by Gasteiger charge is -2.02. The van der Waals surface area contributed by atoms with E-state index in [2.05, 4.69) is 0 Å². The molecule has 2 aromatic rings. The van der Waals surface area contributed by atoms with E-state index in [0.29, 0.717) is 9.79 Å². The summed E-state index contributed by atoms with van der Waals surface area (Å²) >= 11 is 0. The Balaban J connectivity index is 2.39. The summed E-state index contributed by atoms with van der Waals surface area (Å²) in [4.78, 5) is 0.902. The minimum absolute atomic E-state index is 0.441. The molecule has 92 valence electrons. The topological polar surface area (TPSA) is 34.1 Å². The summed E-state index contributed by atoms with van der Waals surface area (Å²) in [6.07, 6.45) is 0.845. The molecular formula is C15H14O2S. The van der Waals surface area contributed by atoms with Crippen molar-refractivity contribution < 1.29 is 8.42 Å². The van der Waals surface area contributed by atoms with Crippen molar-refractivity contribution >= 4 is 9.84 Å². The zero-order valence-corrected chi connectivity index (χ0v) is 11.2. The molecule has 0 aliphatic carbocycles. The number of rotatable bonds is 1. The normalized spacial score (nSPS) is 15.2. The molecule has 1 heterocycles. The molecule has 0 spiro atoms. The number of aryl methyl sites for hydroxylation is 2. The molecule has 0 bridgehead atoms. The van der Waals surface area contributed by atoms with Crippen molar-refractivity contribution in [3.63, 3.8) is 0 Å². The first kappa shape index (κ1) is 11.5. The number of hydrogen-bond acceptors (Lipinski definition) is 2. The minimum Gasteiger partial charge on any atom is -0.218 e. The molecule has 2 nitrogen and oxygen atoms in total. The molecule has 0 radical (unpaired) electrons. The van der Waals surface area contributed by atoms with E-state index in [4.69, 9.17) is 0 Å². The van der Waals surface area contributed by atoms with Crippen LogP contribution in [0.5, 0.6) is 0 Å². The maximum absolute atomic E-state index is 12.5. The third-order valence-corrected chi connectivity index (χ3v) is 5.31. The van der Waals surface area contributed by atoms with Gasteiger partial charge in [-0.2, -0.15) is 0 Å². The predicted molar refractivity (Wildman–Crippen MR) is 71.4 cm³/mol. The van der Waals surface area contributed by atoms with Crippen LogP contribution in [0.4, 0.5) is 0 Å². The molecule has 1 aliphatic rings. The second-order valence-corrected chi connectivity index (χ2v) is 6.57. The second kappa shape index (κ2) is 3.69. The van der Waals surface area contributed by atoms with E-state index >= 15 is 0 Å². The van der Waals surface area contributed by atoms with E-state index in [-0.39, 0.29) is 0 Å². The van der Waals surface area contributed by atoms with Crippen molar-refractivity contribution in [3.8, 4) is 11.1 Å². The van der Waals surface area contributed by atoms with Crippen LogP contribution in [-0.4, -0.2) is 8.42 Å². The van der Waals surface area contributed by atoms with Crippen molar-refractivity contribution in [2.75, 3.05) is 0 Å². The number of fused-ring (bicyclic) bond motifs is 3. The summed E-state index contributed by atoms with van der Waals surface area (Å²) in [7, 11) is -3.31. The third-order valence-electron chi connectivity index (χ3n) is 3.46. The standard InChI is InChI=1S/C15H14O2S/c1-3-11-5-6-12-13-8-10(2)4-7-14(13)18(16,17)15(12)9-11/h4-9H,3H2,1-2H3. The Morgan fingerprint density at radius 1 is 0.944 bits per heavy atom. The fourth-order valence-electron chi connectivity index (χ4n) is 2.44. The lowest BCUT2D eigenvalue weighted by Crippen LogP contribution is -1.97. The fraction of sp³-hybridized carbons (Fsp3) is 0.200. The zero-order chi connectivity index (χ0) is 12.9. The quantitative estimate of drug-likeness (QED) is 0.670. The Bertz CT molecular complexity index is 743. The lowest BCUT2D eigenvalue weighted by atomic mass is 10.0. The highest BCUT2D eigenvalue weighted by Crippen LogP contribution is 2.43. The largest absolute Gasteiger partial charge is 0.218 e. The van der Waals surface area contributed by atoms with Gasteiger partial charge in [0.2, 0.25) is 9.84 Å². The van der Waals surface area contributed by atoms with Gasteiger partial charge in [-0.3, -0.25) is 0 Å². The van der Waals surface area contributed by atoms with Gasteiger partial charge in [0.25, 0.3) is 0 Å². The van der Waals surface area contributed by atoms with E-state index in [1.54, 1.807) is 12.1 Å². The van der Waals surface area contributed by atoms with Gasteiger partial charge in [-0.1, -0.05) is 36.8 Å². The molecule has 0 atom stereocenters. The Labute approximate surface area is 107 Å². The Hall–Kier alpha value is -1.61. The van der Waals surface area contributed by atoms with Gasteiger partial charge in [0, 0.05) is 11.1 Å². The van der Waals surface area contributed by atoms with Gasteiger partial charge in [-0.25, -0.2) is 8.42 Å². The lowest BCUT2D eigenvalue weighted by molar-refractivity contribution is 0.598. The number of sulfone groups is 1. The van der Waals surface area contributed by atoms with Crippen LogP contribution in [0.2, 0.25) is 0 Å². The molecule has 0 amide bonds. The van der Waals surface area contributed by atoms with Gasteiger partial charge in [-0.15, -0.1) is 0 Å². The van der Waals surface area contributed by atoms with Gasteiger partial charge in [0.1, 0.15) is 0 Å². The second-order valence-electron chi connectivity index (χ2n) is 4.69. The molecule has 2 aromatic carbocycles. The van der Waals surface area contributed by atoms with Crippen LogP contribution in [0.15, 0.2) is 46.2 Å². The minimum atomic E-state index is -3.31. The summed E-state index contributed by atoms with van der Waals surface area (Å²) in [5, 5.41) is 0. The van der Waals surface area contributed by atoms with Crippen LogP contribution in [0.25, 0.3) is 11.1 Å². The Kier molecular flexibility index (Phi) is 2.35. The highest BCUT2D eigenvalue weighted by Gasteiger charge is 2.32. The van der Waals surface area contributed by atoms with Gasteiger partial charge in [-0.05, 0) is 31.0 Å². The van der Waals surface area contributed by atoms with Crippen LogP contribution in [-0.2, 0) is 16.3 Å². The molecule has 0 aromatic heterocycles. The van der Waals surface area contributed by atoms with Crippen molar-refractivity contribution in [1.82, 2.24) is 0 Å². The van der Waals surface area contributed by atoms with Gasteiger partial charge < -0.3 is 0 Å². The van der Waals surface area contributed by atoms with Crippen LogP contribution in [0.3, 0.4) is 0 Å². The van der Waals surface area contributed by atoms with E-state index < -0.39 is 9.84 Å². The summed E-state index contributed by atoms with van der Waals surface area (Å²) in [5.74, 6) is 0. The van der Waals surface area contributed by atoms with Crippen LogP contribution in [0, 0.1) is 6.92 Å². The monoisotopic (exact) mass is 258 g/mol. The van der Waals surface area contributed by atoms with Gasteiger partial charge in [0.15, 0.2) is 0 Å². The third kappa shape index (κ3) is 1.44. The Morgan fingerprint density at radius 3 is 2.44 bits per heavy atom. The number of hydrogen-bond donors (Lipinski definition) is 0. The smallest absolute Gasteiger partial charge is 0.207 e. The maximum atomic E-state index is 12.5. The predicted octanol–water partition coefficient (Wildman–Crippen LogP) is 3.37. The SMILES string of the molecule is CCc1ccc2c(c1)S(=O)(=O)c1ccc(C)cc1-2. The first-order valence-electron chi connectivity index (χ1n) is 6.03. The molecule has 3 rings (SSSR count). The molecule has 1 aliphatic heterocycles. The van der Waals surface area contributed by atoms with E-state index in [1.807, 2.05) is 38.1 Å². The van der Waals surface area contributed by atoms with Crippen LogP contribution in [0.1, 0.15) is 18.1 Å². The van der Waals surface area contributed by atoms with Gasteiger partial charge in [0.05, 0.1) is 9.79 Å². The van der Waals surface area contributed by atoms with E-state index in [0.717, 1.165) is 28.7 Å².